The summed E-state index contributed by atoms with van der Waals surface area (Å²) in [5.41, 5.74) is 3.75. The van der Waals surface area contributed by atoms with Crippen LogP contribution in [0.25, 0.3) is 6.08 Å². The van der Waals surface area contributed by atoms with Gasteiger partial charge in [0, 0.05) is 5.02 Å². The molecule has 0 aliphatic heterocycles. The van der Waals surface area contributed by atoms with E-state index in [1.807, 2.05) is 57.9 Å². The van der Waals surface area contributed by atoms with E-state index in [1.165, 1.54) is 56.1 Å². The van der Waals surface area contributed by atoms with Crippen molar-refractivity contribution in [3.63, 3.8) is 0 Å². The molecule has 0 spiro atoms. The minimum absolute atomic E-state index is 0.840. The van der Waals surface area contributed by atoms with Gasteiger partial charge in [-0.05, 0) is 36.1 Å². The Morgan fingerprint density at radius 1 is 0.800 bits per heavy atom. The van der Waals surface area contributed by atoms with E-state index >= 15 is 0 Å². The molecule has 0 aliphatic carbocycles. The summed E-state index contributed by atoms with van der Waals surface area (Å²) in [7, 11) is 0. The number of carbonyl (C=O) groups excluding carboxylic acids is 1. The van der Waals surface area contributed by atoms with Gasteiger partial charge in [-0.1, -0.05) is 140 Å². The summed E-state index contributed by atoms with van der Waals surface area (Å²) < 4.78 is 0. The van der Waals surface area contributed by atoms with E-state index in [1.54, 1.807) is 0 Å². The Kier molecular flexibility index (Phi) is 29.7. The Balaban J connectivity index is -0.000000344. The number of hydrogen-bond acceptors (Lipinski definition) is 1. The van der Waals surface area contributed by atoms with E-state index < -0.39 is 0 Å². The second kappa shape index (κ2) is 27.1. The van der Waals surface area contributed by atoms with Crippen molar-refractivity contribution in [1.29, 1.82) is 0 Å². The first kappa shape index (κ1) is 32.8. The number of rotatable bonds is 7. The van der Waals surface area contributed by atoms with Gasteiger partial charge in [-0.3, -0.25) is 0 Å². The van der Waals surface area contributed by atoms with Crippen LogP contribution in [0.4, 0.5) is 0 Å². The third-order valence-electron chi connectivity index (χ3n) is 4.04. The lowest BCUT2D eigenvalue weighted by Crippen LogP contribution is -1.81. The van der Waals surface area contributed by atoms with Gasteiger partial charge in [0.25, 0.3) is 0 Å². The molecule has 0 heterocycles. The maximum Gasteiger partial charge on any atom is 0.106 e. The Morgan fingerprint density at radius 3 is 1.63 bits per heavy atom. The first-order valence-corrected chi connectivity index (χ1v) is 11.7. The SMILES string of the molecule is C=Cc1ccc(CCC)cc1.C=O.CC.CCCCCCC.Cc1ccccc1Cl. The minimum atomic E-state index is 0.840. The first-order valence-electron chi connectivity index (χ1n) is 11.3. The molecule has 2 aromatic carbocycles. The Labute approximate surface area is 192 Å². The normalized spacial score (nSPS) is 8.50. The molecule has 170 valence electrons. The Bertz CT molecular complexity index is 565. The molecule has 2 heteroatoms. The lowest BCUT2D eigenvalue weighted by molar-refractivity contribution is -0.0979. The van der Waals surface area contributed by atoms with Crippen LogP contribution in [0.1, 0.15) is 89.8 Å². The van der Waals surface area contributed by atoms with Crippen LogP contribution in [0.5, 0.6) is 0 Å². The lowest BCUT2D eigenvalue weighted by atomic mass is 10.1. The van der Waals surface area contributed by atoms with E-state index in [0.29, 0.717) is 0 Å². The van der Waals surface area contributed by atoms with Gasteiger partial charge in [-0.2, -0.15) is 0 Å². The van der Waals surface area contributed by atoms with Crippen LogP contribution < -0.4 is 0 Å². The quantitative estimate of drug-likeness (QED) is 0.397. The Morgan fingerprint density at radius 2 is 1.30 bits per heavy atom. The fourth-order valence-corrected chi connectivity index (χ4v) is 2.47. The molecule has 2 aromatic rings. The zero-order valence-electron chi connectivity index (χ0n) is 20.3. The van der Waals surface area contributed by atoms with Gasteiger partial charge in [-0.25, -0.2) is 0 Å². The monoisotopic (exact) mass is 432 g/mol. The van der Waals surface area contributed by atoms with Gasteiger partial charge in [-0.15, -0.1) is 0 Å². The van der Waals surface area contributed by atoms with Crippen LogP contribution in [-0.2, 0) is 11.2 Å². The molecule has 1 nitrogen and oxygen atoms in total. The number of benzene rings is 2. The predicted molar refractivity (Wildman–Crippen MR) is 140 cm³/mol. The van der Waals surface area contributed by atoms with Crippen LogP contribution in [0.2, 0.25) is 5.02 Å². The first-order chi connectivity index (χ1) is 14.6. The van der Waals surface area contributed by atoms with Gasteiger partial charge in [0.05, 0.1) is 0 Å². The zero-order chi connectivity index (χ0) is 23.6. The van der Waals surface area contributed by atoms with Crippen LogP contribution in [0, 0.1) is 6.92 Å². The summed E-state index contributed by atoms with van der Waals surface area (Å²) in [6.45, 7) is 18.4. The van der Waals surface area contributed by atoms with Gasteiger partial charge in [0.1, 0.15) is 6.79 Å². The highest BCUT2D eigenvalue weighted by molar-refractivity contribution is 6.31. The molecule has 0 saturated heterocycles. The maximum absolute atomic E-state index is 8.00. The summed E-state index contributed by atoms with van der Waals surface area (Å²) in [6, 6.07) is 16.3. The van der Waals surface area contributed by atoms with Crippen molar-refractivity contribution in [2.45, 2.75) is 86.5 Å². The smallest absolute Gasteiger partial charge is 0.106 e. The molecule has 0 aliphatic rings. The standard InChI is InChI=1S/C11H14.C7H7Cl.C7H16.C2H6.CH2O/c1-3-5-11-8-6-10(4-2)7-9-11;1-6-4-2-3-5-7(6)8;1-3-5-7-6-4-2;2*1-2/h4,6-9H,2-3,5H2,1H3;2-5H,1H3;3-7H2,1-2H3;1-2H3;1H2. The molecule has 0 saturated carbocycles. The highest BCUT2D eigenvalue weighted by Gasteiger charge is 1.89. The van der Waals surface area contributed by atoms with Gasteiger partial charge >= 0.3 is 0 Å². The number of hydrogen-bond donors (Lipinski definition) is 0. The van der Waals surface area contributed by atoms with Gasteiger partial charge in [0.2, 0.25) is 0 Å². The van der Waals surface area contributed by atoms with Crippen LogP contribution >= 0.6 is 11.6 Å². The number of aryl methyl sites for hydroxylation is 2. The molecule has 0 amide bonds. The molecule has 0 fully saturated rings. The van der Waals surface area contributed by atoms with E-state index in [4.69, 9.17) is 16.4 Å². The molecule has 0 atom stereocenters. The number of halogens is 1. The molecule has 0 aromatic heterocycles. The summed E-state index contributed by atoms with van der Waals surface area (Å²) >= 11 is 5.71. The molecule has 0 bridgehead atoms. The predicted octanol–water partition coefficient (Wildman–Crippen LogP) is 9.75. The molecule has 0 N–H and O–H groups in total. The third kappa shape index (κ3) is 20.9. The van der Waals surface area contributed by atoms with Crippen molar-refractivity contribution in [2.24, 2.45) is 0 Å². The summed E-state index contributed by atoms with van der Waals surface area (Å²) in [6.07, 6.45) is 11.3. The van der Waals surface area contributed by atoms with E-state index in [-0.39, 0.29) is 0 Å². The van der Waals surface area contributed by atoms with Crippen molar-refractivity contribution in [3.8, 4) is 0 Å². The van der Waals surface area contributed by atoms with Crippen molar-refractivity contribution in [3.05, 3.63) is 76.8 Å². The molecular weight excluding hydrogens is 388 g/mol. The van der Waals surface area contributed by atoms with Gasteiger partial charge in [0.15, 0.2) is 0 Å². The van der Waals surface area contributed by atoms with Gasteiger partial charge < -0.3 is 4.79 Å². The number of carbonyl (C=O) groups is 1. The zero-order valence-corrected chi connectivity index (χ0v) is 21.1. The molecule has 2 rings (SSSR count). The molecule has 0 radical (unpaired) electrons. The van der Waals surface area contributed by atoms with Crippen LogP contribution in [0.3, 0.4) is 0 Å². The fourth-order valence-electron chi connectivity index (χ4n) is 2.34. The summed E-state index contributed by atoms with van der Waals surface area (Å²) in [5.74, 6) is 0. The van der Waals surface area contributed by atoms with Crippen molar-refractivity contribution in [1.82, 2.24) is 0 Å². The second-order valence-corrected chi connectivity index (χ2v) is 6.91. The van der Waals surface area contributed by atoms with E-state index in [9.17, 15) is 0 Å². The van der Waals surface area contributed by atoms with Crippen LogP contribution in [-0.4, -0.2) is 6.79 Å². The lowest BCUT2D eigenvalue weighted by Gasteiger charge is -1.97. The molecule has 30 heavy (non-hydrogen) atoms. The highest BCUT2D eigenvalue weighted by Crippen LogP contribution is 2.12. The highest BCUT2D eigenvalue weighted by atomic mass is 35.5. The van der Waals surface area contributed by atoms with E-state index in [0.717, 1.165) is 10.6 Å². The van der Waals surface area contributed by atoms with Crippen molar-refractivity contribution >= 4 is 24.5 Å². The maximum atomic E-state index is 8.00. The summed E-state index contributed by atoms with van der Waals surface area (Å²) in [4.78, 5) is 8.00. The third-order valence-corrected chi connectivity index (χ3v) is 4.46. The fraction of sp³-hybridized carbons (Fsp3) is 0.464. The van der Waals surface area contributed by atoms with Crippen LogP contribution in [0.15, 0.2) is 55.1 Å². The van der Waals surface area contributed by atoms with Crippen molar-refractivity contribution < 1.29 is 4.79 Å². The van der Waals surface area contributed by atoms with Crippen molar-refractivity contribution in [2.75, 3.05) is 0 Å². The minimum Gasteiger partial charge on any atom is -0.307 e. The average molecular weight is 433 g/mol. The summed E-state index contributed by atoms with van der Waals surface area (Å²) in [5, 5.41) is 0.840. The van der Waals surface area contributed by atoms with E-state index in [2.05, 4.69) is 51.6 Å². The molecular formula is C28H45ClO. The topological polar surface area (TPSA) is 17.1 Å². The average Bonchev–Trinajstić information content (AvgIpc) is 2.80. The number of unbranched alkanes of at least 4 members (excludes halogenated alkanes) is 4. The second-order valence-electron chi connectivity index (χ2n) is 6.51. The largest absolute Gasteiger partial charge is 0.307 e. The molecule has 0 unspecified atom stereocenters. The Hall–Kier alpha value is -1.86.